The highest BCUT2D eigenvalue weighted by atomic mass is 32.2. The minimum Gasteiger partial charge on any atom is -0.445 e. The highest BCUT2D eigenvalue weighted by molar-refractivity contribution is 8.13. The van der Waals surface area contributed by atoms with Crippen molar-refractivity contribution in [2.45, 2.75) is 6.61 Å². The second-order valence-electron chi connectivity index (χ2n) is 3.68. The summed E-state index contributed by atoms with van der Waals surface area (Å²) in [5.41, 5.74) is 0.943. The zero-order valence-corrected chi connectivity index (χ0v) is 10.1. The third-order valence-electron chi connectivity index (χ3n) is 2.41. The van der Waals surface area contributed by atoms with Gasteiger partial charge in [-0.05, 0) is 5.56 Å². The summed E-state index contributed by atoms with van der Waals surface area (Å²) in [6.45, 7) is 0.972. The molecular formula is C12H13NO3S. The normalized spacial score (nSPS) is 15.8. The molecule has 1 amide bonds. The van der Waals surface area contributed by atoms with Gasteiger partial charge in [-0.1, -0.05) is 42.1 Å². The first-order chi connectivity index (χ1) is 8.25. The molecule has 17 heavy (non-hydrogen) atoms. The number of benzene rings is 1. The lowest BCUT2D eigenvalue weighted by atomic mass is 10.2. The lowest BCUT2D eigenvalue weighted by molar-refractivity contribution is -0.112. The highest BCUT2D eigenvalue weighted by Gasteiger charge is 2.22. The zero-order valence-electron chi connectivity index (χ0n) is 9.30. The van der Waals surface area contributed by atoms with Gasteiger partial charge in [0.05, 0.1) is 6.54 Å². The predicted octanol–water partition coefficient (Wildman–Crippen LogP) is 1.90. The number of ether oxygens (including phenoxy) is 1. The molecule has 5 heteroatoms. The summed E-state index contributed by atoms with van der Waals surface area (Å²) in [5, 5.41) is 0.0212. The molecule has 0 radical (unpaired) electrons. The van der Waals surface area contributed by atoms with Crippen LogP contribution < -0.4 is 0 Å². The van der Waals surface area contributed by atoms with Crippen molar-refractivity contribution in [3.63, 3.8) is 0 Å². The number of hydrogen-bond donors (Lipinski definition) is 0. The van der Waals surface area contributed by atoms with Crippen LogP contribution >= 0.6 is 11.8 Å². The average Bonchev–Trinajstić information content (AvgIpc) is 2.37. The van der Waals surface area contributed by atoms with Gasteiger partial charge in [0.2, 0.25) is 5.12 Å². The number of amides is 1. The van der Waals surface area contributed by atoms with Crippen molar-refractivity contribution < 1.29 is 14.3 Å². The summed E-state index contributed by atoms with van der Waals surface area (Å²) in [5.74, 6) is 0.652. The number of carbonyl (C=O) groups is 2. The largest absolute Gasteiger partial charge is 0.445 e. The van der Waals surface area contributed by atoms with E-state index in [9.17, 15) is 9.59 Å². The molecule has 1 aliphatic rings. The summed E-state index contributed by atoms with van der Waals surface area (Å²) in [4.78, 5) is 24.3. The van der Waals surface area contributed by atoms with Gasteiger partial charge in [-0.3, -0.25) is 9.69 Å². The van der Waals surface area contributed by atoms with Gasteiger partial charge in [-0.25, -0.2) is 4.79 Å². The van der Waals surface area contributed by atoms with Gasteiger partial charge in [0.1, 0.15) is 6.61 Å². The van der Waals surface area contributed by atoms with E-state index >= 15 is 0 Å². The minimum atomic E-state index is -0.414. The molecule has 0 aromatic heterocycles. The standard InChI is InChI=1S/C12H13NO3S/c14-11-8-13(6-7-17-11)12(15)16-9-10-4-2-1-3-5-10/h1-5H,6-9H2. The van der Waals surface area contributed by atoms with E-state index in [1.54, 1.807) is 0 Å². The summed E-state index contributed by atoms with van der Waals surface area (Å²) in [6, 6.07) is 9.48. The molecule has 1 aromatic rings. The Balaban J connectivity index is 1.83. The number of thioether (sulfide) groups is 1. The Hall–Kier alpha value is -1.49. The molecule has 0 unspecified atom stereocenters. The van der Waals surface area contributed by atoms with Gasteiger partial charge in [-0.15, -0.1) is 0 Å². The second kappa shape index (κ2) is 5.72. The fraction of sp³-hybridized carbons (Fsp3) is 0.333. The van der Waals surface area contributed by atoms with Gasteiger partial charge in [-0.2, -0.15) is 0 Å². The molecule has 0 saturated carbocycles. The van der Waals surface area contributed by atoms with E-state index in [0.29, 0.717) is 12.3 Å². The lowest BCUT2D eigenvalue weighted by Gasteiger charge is -2.24. The fourth-order valence-electron chi connectivity index (χ4n) is 1.52. The summed E-state index contributed by atoms with van der Waals surface area (Å²) in [6.07, 6.45) is -0.414. The Morgan fingerprint density at radius 1 is 1.35 bits per heavy atom. The van der Waals surface area contributed by atoms with Crippen LogP contribution in [0.25, 0.3) is 0 Å². The SMILES string of the molecule is O=C1CN(C(=O)OCc2ccccc2)CCS1. The molecule has 1 aromatic carbocycles. The first kappa shape index (κ1) is 12.0. The van der Waals surface area contributed by atoms with Gasteiger partial charge in [0.15, 0.2) is 0 Å². The maximum atomic E-state index is 11.7. The smallest absolute Gasteiger partial charge is 0.410 e. The third kappa shape index (κ3) is 3.49. The number of hydrogen-bond acceptors (Lipinski definition) is 4. The van der Waals surface area contributed by atoms with Crippen molar-refractivity contribution in [2.75, 3.05) is 18.8 Å². The first-order valence-electron chi connectivity index (χ1n) is 5.37. The second-order valence-corrected chi connectivity index (χ2v) is 4.83. The molecule has 1 aliphatic heterocycles. The van der Waals surface area contributed by atoms with Crippen LogP contribution in [0, 0.1) is 0 Å². The Morgan fingerprint density at radius 2 is 2.12 bits per heavy atom. The van der Waals surface area contributed by atoms with Gasteiger partial charge in [0, 0.05) is 12.3 Å². The topological polar surface area (TPSA) is 46.6 Å². The molecule has 0 N–H and O–H groups in total. The maximum absolute atomic E-state index is 11.7. The van der Waals surface area contributed by atoms with E-state index in [2.05, 4.69) is 0 Å². The Morgan fingerprint density at radius 3 is 2.82 bits per heavy atom. The van der Waals surface area contributed by atoms with E-state index < -0.39 is 6.09 Å². The molecule has 1 fully saturated rings. The lowest BCUT2D eigenvalue weighted by Crippen LogP contribution is -2.40. The fourth-order valence-corrected chi connectivity index (χ4v) is 2.30. The van der Waals surface area contributed by atoms with Crippen LogP contribution in [0.4, 0.5) is 4.79 Å². The van der Waals surface area contributed by atoms with Crippen LogP contribution in [0.3, 0.4) is 0 Å². The van der Waals surface area contributed by atoms with Crippen molar-refractivity contribution in [2.24, 2.45) is 0 Å². The van der Waals surface area contributed by atoms with Crippen LogP contribution in [0.15, 0.2) is 30.3 Å². The monoisotopic (exact) mass is 251 g/mol. The van der Waals surface area contributed by atoms with Crippen LogP contribution in [-0.4, -0.2) is 35.0 Å². The van der Waals surface area contributed by atoms with Crippen molar-refractivity contribution in [1.82, 2.24) is 4.90 Å². The maximum Gasteiger partial charge on any atom is 0.410 e. The average molecular weight is 251 g/mol. The van der Waals surface area contributed by atoms with Gasteiger partial charge in [0.25, 0.3) is 0 Å². The Bertz CT molecular complexity index is 407. The summed E-state index contributed by atoms with van der Waals surface area (Å²) in [7, 11) is 0. The Labute approximate surface area is 104 Å². The number of carbonyl (C=O) groups excluding carboxylic acids is 2. The molecule has 2 rings (SSSR count). The molecular weight excluding hydrogens is 238 g/mol. The zero-order chi connectivity index (χ0) is 12.1. The van der Waals surface area contributed by atoms with Crippen LogP contribution in [-0.2, 0) is 16.1 Å². The third-order valence-corrected chi connectivity index (χ3v) is 3.25. The molecule has 0 spiro atoms. The van der Waals surface area contributed by atoms with E-state index in [0.717, 1.165) is 5.56 Å². The predicted molar refractivity (Wildman–Crippen MR) is 65.7 cm³/mol. The van der Waals surface area contributed by atoms with Crippen molar-refractivity contribution in [3.8, 4) is 0 Å². The van der Waals surface area contributed by atoms with Gasteiger partial charge < -0.3 is 4.74 Å². The van der Waals surface area contributed by atoms with Gasteiger partial charge >= 0.3 is 6.09 Å². The first-order valence-corrected chi connectivity index (χ1v) is 6.35. The molecule has 4 nitrogen and oxygen atoms in total. The van der Waals surface area contributed by atoms with E-state index in [4.69, 9.17) is 4.74 Å². The van der Waals surface area contributed by atoms with E-state index in [1.807, 2.05) is 30.3 Å². The number of rotatable bonds is 2. The Kier molecular flexibility index (Phi) is 4.03. The number of nitrogens with zero attached hydrogens (tertiary/aromatic N) is 1. The van der Waals surface area contributed by atoms with Crippen molar-refractivity contribution >= 4 is 23.0 Å². The highest BCUT2D eigenvalue weighted by Crippen LogP contribution is 2.12. The van der Waals surface area contributed by atoms with Crippen LogP contribution in [0.5, 0.6) is 0 Å². The van der Waals surface area contributed by atoms with E-state index in [-0.39, 0.29) is 18.3 Å². The molecule has 0 bridgehead atoms. The quantitative estimate of drug-likeness (QED) is 0.805. The minimum absolute atomic E-state index is 0.0212. The van der Waals surface area contributed by atoms with Crippen LogP contribution in [0.2, 0.25) is 0 Å². The van der Waals surface area contributed by atoms with Crippen LogP contribution in [0.1, 0.15) is 5.56 Å². The van der Waals surface area contributed by atoms with Crippen molar-refractivity contribution in [3.05, 3.63) is 35.9 Å². The molecule has 1 heterocycles. The molecule has 0 atom stereocenters. The molecule has 90 valence electrons. The summed E-state index contributed by atoms with van der Waals surface area (Å²) < 4.78 is 5.14. The summed E-state index contributed by atoms with van der Waals surface area (Å²) >= 11 is 1.27. The molecule has 0 aliphatic carbocycles. The van der Waals surface area contributed by atoms with Crippen molar-refractivity contribution in [1.29, 1.82) is 0 Å². The van der Waals surface area contributed by atoms with E-state index in [1.165, 1.54) is 16.7 Å². The molecule has 1 saturated heterocycles.